The Labute approximate surface area is 318 Å². The molecule has 2 unspecified atom stereocenters. The molecule has 1 aliphatic rings. The number of alkyl carbamates (subject to hydrolysis) is 1. The number of ether oxygens (including phenoxy) is 2. The number of nitrogens with one attached hydrogen (secondary N) is 2. The predicted molar refractivity (Wildman–Crippen MR) is 206 cm³/mol. The number of hydrogen-bond acceptors (Lipinski definition) is 10. The lowest BCUT2D eigenvalue weighted by molar-refractivity contribution is -0.149. The number of hydrogen-bond donors (Lipinski definition) is 3. The lowest BCUT2D eigenvalue weighted by atomic mass is 9.85. The van der Waals surface area contributed by atoms with Crippen molar-refractivity contribution >= 4 is 49.5 Å². The van der Waals surface area contributed by atoms with Crippen LogP contribution in [-0.4, -0.2) is 90.1 Å². The van der Waals surface area contributed by atoms with Gasteiger partial charge in [-0.1, -0.05) is 65.8 Å². The molecule has 1 fully saturated rings. The van der Waals surface area contributed by atoms with Crippen LogP contribution in [0.15, 0.2) is 29.8 Å². The zero-order valence-electron chi connectivity index (χ0n) is 33.2. The van der Waals surface area contributed by atoms with E-state index < -0.39 is 73.4 Å². The Morgan fingerprint density at radius 1 is 0.981 bits per heavy atom. The summed E-state index contributed by atoms with van der Waals surface area (Å²) in [6.45, 7) is 23.0. The minimum Gasteiger partial charge on any atom is -0.481 e. The van der Waals surface area contributed by atoms with Crippen LogP contribution in [0.4, 0.5) is 4.79 Å². The topological polar surface area (TPSA) is 173 Å². The molecule has 1 aromatic heterocycles. The molecule has 0 bridgehead atoms. The first kappa shape index (κ1) is 43.6. The lowest BCUT2D eigenvalue weighted by Gasteiger charge is -2.38. The molecule has 1 saturated heterocycles. The molecule has 3 N–H and O–H groups in total. The van der Waals surface area contributed by atoms with E-state index >= 15 is 0 Å². The maximum Gasteiger partial charge on any atom is 0.408 e. The monoisotopic (exact) mass is 774 g/mol. The van der Waals surface area contributed by atoms with E-state index in [1.807, 2.05) is 52.0 Å². The Balaban J connectivity index is 1.98. The van der Waals surface area contributed by atoms with Crippen LogP contribution in [0, 0.1) is 12.3 Å². The predicted octanol–water partition coefficient (Wildman–Crippen LogP) is 6.61. The maximum absolute atomic E-state index is 14.5. The van der Waals surface area contributed by atoms with Crippen molar-refractivity contribution in [2.75, 3.05) is 13.2 Å². The minimum absolute atomic E-state index is 0.129. The van der Waals surface area contributed by atoms with Crippen molar-refractivity contribution < 1.29 is 43.0 Å². The SMILES string of the molecule is Cc1ncsc1-c1ccc(C(COC(=O)CCC(=O)O)NC(=O)[C@@H]2C[C@@H](O[Si](C)(C)C(C)(C)C)CN2C(=O)C(NC(=O)OC(C)(C)C)C(C)(C)C)cc1. The van der Waals surface area contributed by atoms with Crippen molar-refractivity contribution in [1.29, 1.82) is 0 Å². The molecule has 15 heteroatoms. The van der Waals surface area contributed by atoms with Gasteiger partial charge in [0.2, 0.25) is 11.8 Å². The summed E-state index contributed by atoms with van der Waals surface area (Å²) in [5, 5.41) is 14.7. The Kier molecular flexibility index (Phi) is 14.1. The summed E-state index contributed by atoms with van der Waals surface area (Å²) in [5.74, 6) is -2.79. The molecule has 1 aromatic carbocycles. The molecule has 3 rings (SSSR count). The maximum atomic E-state index is 14.5. The highest BCUT2D eigenvalue weighted by Crippen LogP contribution is 2.39. The fourth-order valence-electron chi connectivity index (χ4n) is 5.60. The number of nitrogens with zero attached hydrogens (tertiary/aromatic N) is 2. The number of aliphatic carboxylic acids is 1. The zero-order chi connectivity index (χ0) is 40.1. The zero-order valence-corrected chi connectivity index (χ0v) is 35.1. The normalized spacial score (nSPS) is 17.8. The molecule has 0 radical (unpaired) electrons. The van der Waals surface area contributed by atoms with Crippen molar-refractivity contribution in [1.82, 2.24) is 20.5 Å². The van der Waals surface area contributed by atoms with Crippen LogP contribution in [0.3, 0.4) is 0 Å². The summed E-state index contributed by atoms with van der Waals surface area (Å²) in [6.07, 6.45) is -1.70. The number of carboxylic acid groups (broad SMARTS) is 1. The molecule has 0 spiro atoms. The number of likely N-dealkylation sites (tertiary alicyclic amines) is 1. The number of thiazole rings is 1. The minimum atomic E-state index is -2.34. The second-order valence-electron chi connectivity index (χ2n) is 17.2. The quantitative estimate of drug-likeness (QED) is 0.148. The van der Waals surface area contributed by atoms with Gasteiger partial charge in [0, 0.05) is 13.0 Å². The second kappa shape index (κ2) is 17.1. The molecule has 53 heavy (non-hydrogen) atoms. The highest BCUT2D eigenvalue weighted by molar-refractivity contribution is 7.13. The van der Waals surface area contributed by atoms with Gasteiger partial charge in [-0.25, -0.2) is 9.78 Å². The van der Waals surface area contributed by atoms with Gasteiger partial charge in [-0.2, -0.15) is 0 Å². The summed E-state index contributed by atoms with van der Waals surface area (Å²) < 4.78 is 17.7. The van der Waals surface area contributed by atoms with E-state index in [1.54, 1.807) is 26.3 Å². The number of carbonyl (C=O) groups excluding carboxylic acids is 4. The van der Waals surface area contributed by atoms with Gasteiger partial charge in [0.25, 0.3) is 0 Å². The standard InChI is InChI=1S/C38H58N4O9SSi/c1-23-31(52-22-39-23)25-15-13-24(14-16-25)27(21-49-30(45)18-17-29(43)44)40-33(46)28-19-26(51-53(11,12)38(8,9)10)20-42(28)34(47)32(36(2,3)4)41-35(48)50-37(5,6)7/h13-16,22,26-28,32H,17-21H2,1-12H3,(H,40,46)(H,41,48)(H,43,44)/t26-,27?,28+,32?/m1/s1. The number of aromatic nitrogens is 1. The molecule has 0 aliphatic carbocycles. The largest absolute Gasteiger partial charge is 0.481 e. The number of aryl methyl sites for hydroxylation is 1. The Bertz CT molecular complexity index is 1620. The fraction of sp³-hybridized carbons (Fsp3) is 0.632. The van der Waals surface area contributed by atoms with Crippen LogP contribution in [-0.2, 0) is 33.1 Å². The smallest absolute Gasteiger partial charge is 0.408 e. The summed E-state index contributed by atoms with van der Waals surface area (Å²) in [6, 6.07) is 4.60. The number of benzene rings is 1. The van der Waals surface area contributed by atoms with Crippen molar-refractivity contribution in [3.63, 3.8) is 0 Å². The Morgan fingerprint density at radius 2 is 1.60 bits per heavy atom. The molecular formula is C38H58N4O9SSi. The number of carboxylic acids is 1. The van der Waals surface area contributed by atoms with Crippen molar-refractivity contribution in [2.45, 2.75) is 136 Å². The van der Waals surface area contributed by atoms with Gasteiger partial charge in [0.05, 0.1) is 41.1 Å². The average Bonchev–Trinajstić information content (AvgIpc) is 3.64. The highest BCUT2D eigenvalue weighted by Gasteiger charge is 2.48. The van der Waals surface area contributed by atoms with E-state index in [9.17, 15) is 24.0 Å². The van der Waals surface area contributed by atoms with Gasteiger partial charge in [0.15, 0.2) is 8.32 Å². The molecule has 1 aliphatic heterocycles. The summed E-state index contributed by atoms with van der Waals surface area (Å²) in [5.41, 5.74) is 2.67. The number of esters is 1. The van der Waals surface area contributed by atoms with Crippen LogP contribution < -0.4 is 10.6 Å². The molecule has 4 atom stereocenters. The third-order valence-electron chi connectivity index (χ3n) is 9.48. The van der Waals surface area contributed by atoms with E-state index in [2.05, 4.69) is 49.5 Å². The van der Waals surface area contributed by atoms with Crippen molar-refractivity contribution in [2.24, 2.45) is 5.41 Å². The van der Waals surface area contributed by atoms with Gasteiger partial charge in [-0.15, -0.1) is 11.3 Å². The Morgan fingerprint density at radius 3 is 2.11 bits per heavy atom. The number of amides is 3. The van der Waals surface area contributed by atoms with Crippen molar-refractivity contribution in [3.05, 3.63) is 41.0 Å². The first-order chi connectivity index (χ1) is 24.3. The van der Waals surface area contributed by atoms with Crippen molar-refractivity contribution in [3.8, 4) is 10.4 Å². The van der Waals surface area contributed by atoms with Crippen LogP contribution in [0.2, 0.25) is 18.1 Å². The van der Waals surface area contributed by atoms with Crippen LogP contribution >= 0.6 is 11.3 Å². The van der Waals surface area contributed by atoms with E-state index in [0.717, 1.165) is 16.1 Å². The molecule has 2 aromatic rings. The average molecular weight is 775 g/mol. The van der Waals surface area contributed by atoms with Gasteiger partial charge in [0.1, 0.15) is 24.3 Å². The number of carbonyl (C=O) groups is 5. The molecule has 3 amide bonds. The highest BCUT2D eigenvalue weighted by atomic mass is 32.1. The molecule has 13 nitrogen and oxygen atoms in total. The van der Waals surface area contributed by atoms with Crippen LogP contribution in [0.5, 0.6) is 0 Å². The number of rotatable bonds is 13. The van der Waals surface area contributed by atoms with Gasteiger partial charge in [-0.3, -0.25) is 19.2 Å². The van der Waals surface area contributed by atoms with Gasteiger partial charge in [-0.05, 0) is 62.4 Å². The Hall–Kier alpha value is -3.82. The third-order valence-corrected chi connectivity index (χ3v) is 15.0. The summed E-state index contributed by atoms with van der Waals surface area (Å²) in [7, 11) is -2.34. The fourth-order valence-corrected chi connectivity index (χ4v) is 7.77. The van der Waals surface area contributed by atoms with E-state index in [0.29, 0.717) is 5.56 Å². The first-order valence-electron chi connectivity index (χ1n) is 17.9. The third kappa shape index (κ3) is 12.4. The van der Waals surface area contributed by atoms with Crippen LogP contribution in [0.1, 0.15) is 98.9 Å². The van der Waals surface area contributed by atoms with E-state index in [1.165, 1.54) is 16.2 Å². The molecule has 2 heterocycles. The van der Waals surface area contributed by atoms with E-state index in [4.69, 9.17) is 19.0 Å². The molecule has 294 valence electrons. The van der Waals surface area contributed by atoms with Gasteiger partial charge < -0.3 is 34.5 Å². The summed E-state index contributed by atoms with van der Waals surface area (Å²) in [4.78, 5) is 72.2. The molecular weight excluding hydrogens is 717 g/mol. The van der Waals surface area contributed by atoms with E-state index in [-0.39, 0.29) is 37.5 Å². The second-order valence-corrected chi connectivity index (χ2v) is 22.8. The van der Waals surface area contributed by atoms with Crippen LogP contribution in [0.25, 0.3) is 10.4 Å². The lowest BCUT2D eigenvalue weighted by Crippen LogP contribution is -2.58. The molecule has 0 saturated carbocycles. The van der Waals surface area contributed by atoms with Gasteiger partial charge >= 0.3 is 18.0 Å². The summed E-state index contributed by atoms with van der Waals surface area (Å²) >= 11 is 1.51. The first-order valence-corrected chi connectivity index (χ1v) is 21.7.